The summed E-state index contributed by atoms with van der Waals surface area (Å²) in [7, 11) is 1.75. The molecule has 0 unspecified atom stereocenters. The second-order valence-corrected chi connectivity index (χ2v) is 6.89. The summed E-state index contributed by atoms with van der Waals surface area (Å²) in [6, 6.07) is 28.0. The van der Waals surface area contributed by atoms with Crippen LogP contribution in [0.25, 0.3) is 22.0 Å². The van der Waals surface area contributed by atoms with Gasteiger partial charge in [0.25, 0.3) is 0 Å². The van der Waals surface area contributed by atoms with E-state index in [9.17, 15) is 0 Å². The predicted molar refractivity (Wildman–Crippen MR) is 113 cm³/mol. The van der Waals surface area contributed by atoms with Gasteiger partial charge in [-0.05, 0) is 41.3 Å². The molecule has 0 saturated heterocycles. The third-order valence-electron chi connectivity index (χ3n) is 5.15. The fourth-order valence-corrected chi connectivity index (χ4v) is 3.87. The zero-order chi connectivity index (χ0) is 18.6. The molecule has 1 heterocycles. The van der Waals surface area contributed by atoms with Gasteiger partial charge in [-0.2, -0.15) is 0 Å². The number of fused-ring (bicyclic) bond motifs is 1. The van der Waals surface area contributed by atoms with Crippen LogP contribution in [-0.2, 0) is 13.0 Å². The molecule has 0 atom stereocenters. The summed E-state index contributed by atoms with van der Waals surface area (Å²) in [6.45, 7) is 3.09. The molecule has 1 aromatic heterocycles. The summed E-state index contributed by atoms with van der Waals surface area (Å²) in [5.41, 5.74) is 6.49. The van der Waals surface area contributed by atoms with Crippen molar-refractivity contribution >= 4 is 10.9 Å². The molecule has 0 saturated carbocycles. The van der Waals surface area contributed by atoms with Crippen LogP contribution < -0.4 is 4.74 Å². The number of methoxy groups -OCH3 is 1. The number of rotatable bonds is 6. The second-order valence-electron chi connectivity index (χ2n) is 6.89. The lowest BCUT2D eigenvalue weighted by Gasteiger charge is -2.15. The summed E-state index contributed by atoms with van der Waals surface area (Å²) in [5, 5.41) is 1.20. The van der Waals surface area contributed by atoms with E-state index in [1.54, 1.807) is 7.11 Å². The van der Waals surface area contributed by atoms with Gasteiger partial charge in [-0.3, -0.25) is 0 Å². The Morgan fingerprint density at radius 1 is 0.852 bits per heavy atom. The van der Waals surface area contributed by atoms with Gasteiger partial charge in [0.05, 0.1) is 12.6 Å². The van der Waals surface area contributed by atoms with E-state index >= 15 is 0 Å². The normalized spacial score (nSPS) is 11.0. The minimum Gasteiger partial charge on any atom is -0.496 e. The quantitative estimate of drug-likeness (QED) is 0.395. The van der Waals surface area contributed by atoms with Crippen LogP contribution in [0.2, 0.25) is 0 Å². The van der Waals surface area contributed by atoms with Crippen molar-refractivity contribution in [1.29, 1.82) is 0 Å². The lowest BCUT2D eigenvalue weighted by Crippen LogP contribution is -2.05. The number of hydrogen-bond acceptors (Lipinski definition) is 1. The molecule has 4 aromatic rings. The Kier molecular flexibility index (Phi) is 4.97. The Morgan fingerprint density at radius 2 is 1.63 bits per heavy atom. The molecule has 0 aliphatic heterocycles. The molecule has 136 valence electrons. The Labute approximate surface area is 161 Å². The summed E-state index contributed by atoms with van der Waals surface area (Å²) < 4.78 is 8.05. The highest BCUT2D eigenvalue weighted by Gasteiger charge is 2.14. The molecule has 0 bridgehead atoms. The van der Waals surface area contributed by atoms with Crippen molar-refractivity contribution in [3.63, 3.8) is 0 Å². The number of ether oxygens (including phenoxy) is 1. The van der Waals surface area contributed by atoms with E-state index in [4.69, 9.17) is 4.74 Å². The van der Waals surface area contributed by atoms with Gasteiger partial charge in [0.2, 0.25) is 0 Å². The van der Waals surface area contributed by atoms with Crippen LogP contribution in [0.5, 0.6) is 5.75 Å². The summed E-state index contributed by atoms with van der Waals surface area (Å²) in [5.74, 6) is 0.944. The molecule has 0 aliphatic carbocycles. The average Bonchev–Trinajstić information content (AvgIpc) is 3.07. The van der Waals surface area contributed by atoms with Crippen LogP contribution in [0, 0.1) is 0 Å². The fourth-order valence-electron chi connectivity index (χ4n) is 3.87. The maximum absolute atomic E-state index is 5.60. The summed E-state index contributed by atoms with van der Waals surface area (Å²) in [4.78, 5) is 0. The topological polar surface area (TPSA) is 14.2 Å². The highest BCUT2D eigenvalue weighted by atomic mass is 16.5. The van der Waals surface area contributed by atoms with Gasteiger partial charge in [-0.15, -0.1) is 0 Å². The monoisotopic (exact) mass is 355 g/mol. The second kappa shape index (κ2) is 7.71. The molecule has 27 heavy (non-hydrogen) atoms. The smallest absolute Gasteiger partial charge is 0.128 e. The number of benzene rings is 3. The molecule has 2 nitrogen and oxygen atoms in total. The molecule has 0 N–H and O–H groups in total. The molecule has 0 spiro atoms. The standard InChI is InChI=1S/C25H25NO/c1-3-10-21-17-23-24(15-9-16-25(23)27-2)26(21)18-20-13-7-8-14-22(20)19-11-5-4-6-12-19/h4-9,11-17H,3,10,18H2,1-2H3. The lowest BCUT2D eigenvalue weighted by atomic mass is 9.99. The first kappa shape index (κ1) is 17.4. The highest BCUT2D eigenvalue weighted by Crippen LogP contribution is 2.31. The van der Waals surface area contributed by atoms with Crippen molar-refractivity contribution in [2.75, 3.05) is 7.11 Å². The molecule has 2 heteroatoms. The largest absolute Gasteiger partial charge is 0.496 e. The zero-order valence-electron chi connectivity index (χ0n) is 16.0. The molecule has 0 radical (unpaired) electrons. The van der Waals surface area contributed by atoms with E-state index in [1.807, 2.05) is 6.07 Å². The van der Waals surface area contributed by atoms with E-state index in [2.05, 4.69) is 84.3 Å². The molecular weight excluding hydrogens is 330 g/mol. The SMILES string of the molecule is CCCc1cc2c(OC)cccc2n1Cc1ccccc1-c1ccccc1. The van der Waals surface area contributed by atoms with Crippen LogP contribution in [0.1, 0.15) is 24.6 Å². The number of aryl methyl sites for hydroxylation is 1. The third kappa shape index (κ3) is 3.35. The van der Waals surface area contributed by atoms with Crippen LogP contribution in [0.3, 0.4) is 0 Å². The Balaban J connectivity index is 1.84. The Hall–Kier alpha value is -3.00. The van der Waals surface area contributed by atoms with Crippen LogP contribution in [-0.4, -0.2) is 11.7 Å². The average molecular weight is 355 g/mol. The van der Waals surface area contributed by atoms with Gasteiger partial charge in [0.1, 0.15) is 5.75 Å². The minimum absolute atomic E-state index is 0.858. The maximum atomic E-state index is 5.60. The molecule has 0 amide bonds. The van der Waals surface area contributed by atoms with Gasteiger partial charge < -0.3 is 9.30 Å². The number of aromatic nitrogens is 1. The van der Waals surface area contributed by atoms with Gasteiger partial charge in [0, 0.05) is 17.6 Å². The third-order valence-corrected chi connectivity index (χ3v) is 5.15. The van der Waals surface area contributed by atoms with Crippen molar-refractivity contribution in [2.45, 2.75) is 26.3 Å². The van der Waals surface area contributed by atoms with Crippen LogP contribution in [0.15, 0.2) is 78.9 Å². The van der Waals surface area contributed by atoms with Crippen molar-refractivity contribution in [2.24, 2.45) is 0 Å². The zero-order valence-corrected chi connectivity index (χ0v) is 16.0. The summed E-state index contributed by atoms with van der Waals surface area (Å²) in [6.07, 6.45) is 2.18. The minimum atomic E-state index is 0.858. The first-order valence-corrected chi connectivity index (χ1v) is 9.60. The molecule has 0 fully saturated rings. The number of hydrogen-bond donors (Lipinski definition) is 0. The van der Waals surface area contributed by atoms with E-state index < -0.39 is 0 Å². The number of nitrogens with zero attached hydrogens (tertiary/aromatic N) is 1. The predicted octanol–water partition coefficient (Wildman–Crippen LogP) is 6.32. The van der Waals surface area contributed by atoms with Gasteiger partial charge in [-0.25, -0.2) is 0 Å². The van der Waals surface area contributed by atoms with Crippen molar-refractivity contribution in [3.05, 3.63) is 90.1 Å². The van der Waals surface area contributed by atoms with E-state index in [1.165, 1.54) is 33.3 Å². The van der Waals surface area contributed by atoms with Gasteiger partial charge >= 0.3 is 0 Å². The summed E-state index contributed by atoms with van der Waals surface area (Å²) >= 11 is 0. The molecule has 0 aliphatic rings. The maximum Gasteiger partial charge on any atom is 0.128 e. The van der Waals surface area contributed by atoms with Crippen molar-refractivity contribution < 1.29 is 4.74 Å². The fraction of sp³-hybridized carbons (Fsp3) is 0.200. The highest BCUT2D eigenvalue weighted by molar-refractivity contribution is 5.87. The van der Waals surface area contributed by atoms with Gasteiger partial charge in [0.15, 0.2) is 0 Å². The lowest BCUT2D eigenvalue weighted by molar-refractivity contribution is 0.420. The Morgan fingerprint density at radius 3 is 2.41 bits per heavy atom. The van der Waals surface area contributed by atoms with Crippen molar-refractivity contribution in [3.8, 4) is 16.9 Å². The van der Waals surface area contributed by atoms with Crippen LogP contribution >= 0.6 is 0 Å². The van der Waals surface area contributed by atoms with Crippen LogP contribution in [0.4, 0.5) is 0 Å². The molecule has 4 rings (SSSR count). The molecule has 3 aromatic carbocycles. The van der Waals surface area contributed by atoms with Gasteiger partial charge in [-0.1, -0.05) is 74.0 Å². The van der Waals surface area contributed by atoms with E-state index in [-0.39, 0.29) is 0 Å². The Bertz CT molecular complexity index is 1050. The molecular formula is C25H25NO. The van der Waals surface area contributed by atoms with E-state index in [0.717, 1.165) is 25.1 Å². The first-order valence-electron chi connectivity index (χ1n) is 9.60. The van der Waals surface area contributed by atoms with Crippen molar-refractivity contribution in [1.82, 2.24) is 4.57 Å². The first-order chi connectivity index (χ1) is 13.3. The van der Waals surface area contributed by atoms with E-state index in [0.29, 0.717) is 0 Å².